The Morgan fingerprint density at radius 2 is 1.92 bits per heavy atom. The lowest BCUT2D eigenvalue weighted by atomic mass is 10.2. The van der Waals surface area contributed by atoms with E-state index >= 15 is 0 Å². The van der Waals surface area contributed by atoms with Gasteiger partial charge in [-0.15, -0.1) is 0 Å². The topological polar surface area (TPSA) is 53.4 Å². The third kappa shape index (κ3) is 3.43. The zero-order valence-electron chi connectivity index (χ0n) is 13.7. The number of ether oxygens (including phenoxy) is 2. The van der Waals surface area contributed by atoms with Crippen molar-refractivity contribution in [3.63, 3.8) is 0 Å². The van der Waals surface area contributed by atoms with Gasteiger partial charge in [0, 0.05) is 29.2 Å². The molecule has 4 rings (SSSR count). The largest absolute Gasteiger partial charge is 0.486 e. The number of thioether (sulfide) groups is 1. The lowest BCUT2D eigenvalue weighted by molar-refractivity contribution is 0.171. The Bertz CT molecular complexity index is 1010. The van der Waals surface area contributed by atoms with E-state index in [-0.39, 0.29) is 5.56 Å². The quantitative estimate of drug-likeness (QED) is 0.635. The molecule has 5 nitrogen and oxygen atoms in total. The molecule has 0 saturated heterocycles. The number of hydrogen-bond acceptors (Lipinski definition) is 5. The van der Waals surface area contributed by atoms with Crippen molar-refractivity contribution in [2.45, 2.75) is 10.8 Å². The van der Waals surface area contributed by atoms with Crippen molar-refractivity contribution in [2.24, 2.45) is 0 Å². The summed E-state index contributed by atoms with van der Waals surface area (Å²) in [5.41, 5.74) is 1.50. The molecular weight excluding hydrogens is 372 g/mol. The highest BCUT2D eigenvalue weighted by atomic mass is 35.5. The molecule has 132 valence electrons. The molecule has 0 spiro atoms. The van der Waals surface area contributed by atoms with Crippen molar-refractivity contribution < 1.29 is 9.47 Å². The molecule has 0 fully saturated rings. The summed E-state index contributed by atoms with van der Waals surface area (Å²) in [5, 5.41) is 1.10. The summed E-state index contributed by atoms with van der Waals surface area (Å²) in [6.45, 7) is 1.03. The molecule has 0 aliphatic carbocycles. The molecule has 1 aromatic heterocycles. The standard InChI is InChI=1S/C19H15ClN2O3S/c20-15-4-2-1-3-13(15)12-26-18-19(23)22(8-7-21-18)14-5-6-16-17(11-14)25-10-9-24-16/h1-8,11H,9-10,12H2. The summed E-state index contributed by atoms with van der Waals surface area (Å²) in [4.78, 5) is 17.0. The molecule has 0 amide bonds. The van der Waals surface area contributed by atoms with E-state index in [1.807, 2.05) is 36.4 Å². The molecule has 0 unspecified atom stereocenters. The van der Waals surface area contributed by atoms with Gasteiger partial charge < -0.3 is 9.47 Å². The van der Waals surface area contributed by atoms with E-state index in [1.54, 1.807) is 23.0 Å². The Balaban J connectivity index is 1.62. The molecule has 1 aliphatic heterocycles. The SMILES string of the molecule is O=c1c(SCc2ccccc2Cl)nccn1-c1ccc2c(c1)OCCO2. The Morgan fingerprint density at radius 1 is 1.12 bits per heavy atom. The third-order valence-corrected chi connectivity index (χ3v) is 5.31. The normalized spacial score (nSPS) is 12.8. The first kappa shape index (κ1) is 17.0. The van der Waals surface area contributed by atoms with Gasteiger partial charge in [0.15, 0.2) is 16.5 Å². The van der Waals surface area contributed by atoms with E-state index in [9.17, 15) is 4.79 Å². The number of benzene rings is 2. The highest BCUT2D eigenvalue weighted by Gasteiger charge is 2.14. The van der Waals surface area contributed by atoms with Crippen LogP contribution in [0.4, 0.5) is 0 Å². The lowest BCUT2D eigenvalue weighted by Crippen LogP contribution is -2.21. The van der Waals surface area contributed by atoms with E-state index in [1.165, 1.54) is 11.8 Å². The van der Waals surface area contributed by atoms with Crippen molar-refractivity contribution in [2.75, 3.05) is 13.2 Å². The monoisotopic (exact) mass is 386 g/mol. The highest BCUT2D eigenvalue weighted by molar-refractivity contribution is 7.98. The number of aromatic nitrogens is 2. The van der Waals surface area contributed by atoms with Gasteiger partial charge in [0.2, 0.25) is 0 Å². The zero-order valence-corrected chi connectivity index (χ0v) is 15.3. The summed E-state index contributed by atoms with van der Waals surface area (Å²) in [6.07, 6.45) is 3.26. The smallest absolute Gasteiger partial charge is 0.287 e. The van der Waals surface area contributed by atoms with E-state index < -0.39 is 0 Å². The van der Waals surface area contributed by atoms with Gasteiger partial charge >= 0.3 is 0 Å². The van der Waals surface area contributed by atoms with Gasteiger partial charge in [-0.25, -0.2) is 4.98 Å². The van der Waals surface area contributed by atoms with Crippen LogP contribution in [0.15, 0.2) is 64.7 Å². The summed E-state index contributed by atoms with van der Waals surface area (Å²) < 4.78 is 12.7. The summed E-state index contributed by atoms with van der Waals surface area (Å²) in [7, 11) is 0. The van der Waals surface area contributed by atoms with E-state index in [2.05, 4.69) is 4.98 Å². The molecule has 0 atom stereocenters. The predicted molar refractivity (Wildman–Crippen MR) is 102 cm³/mol. The van der Waals surface area contributed by atoms with E-state index in [4.69, 9.17) is 21.1 Å². The number of fused-ring (bicyclic) bond motifs is 1. The van der Waals surface area contributed by atoms with Crippen molar-refractivity contribution >= 4 is 23.4 Å². The van der Waals surface area contributed by atoms with Crippen LogP contribution >= 0.6 is 23.4 Å². The van der Waals surface area contributed by atoms with Crippen LogP contribution in [0.1, 0.15) is 5.56 Å². The molecule has 0 N–H and O–H groups in total. The average Bonchev–Trinajstić information content (AvgIpc) is 2.68. The van der Waals surface area contributed by atoms with Gasteiger partial charge in [0.1, 0.15) is 13.2 Å². The van der Waals surface area contributed by atoms with Gasteiger partial charge in [-0.1, -0.05) is 41.6 Å². The second kappa shape index (κ2) is 7.43. The van der Waals surface area contributed by atoms with Crippen LogP contribution < -0.4 is 15.0 Å². The Hall–Kier alpha value is -2.44. The van der Waals surface area contributed by atoms with Gasteiger partial charge in [0.25, 0.3) is 5.56 Å². The summed E-state index contributed by atoms with van der Waals surface area (Å²) >= 11 is 7.55. The Morgan fingerprint density at radius 3 is 2.77 bits per heavy atom. The van der Waals surface area contributed by atoms with Crippen LogP contribution in [0.3, 0.4) is 0 Å². The Labute approximate surface area is 159 Å². The zero-order chi connectivity index (χ0) is 17.9. The first-order chi connectivity index (χ1) is 12.7. The minimum absolute atomic E-state index is 0.179. The first-order valence-electron chi connectivity index (χ1n) is 8.06. The Kier molecular flexibility index (Phi) is 4.86. The van der Waals surface area contributed by atoms with Gasteiger partial charge in [-0.05, 0) is 23.8 Å². The van der Waals surface area contributed by atoms with Crippen LogP contribution in [-0.4, -0.2) is 22.8 Å². The molecule has 0 bridgehead atoms. The van der Waals surface area contributed by atoms with Crippen molar-refractivity contribution in [3.8, 4) is 17.2 Å². The minimum atomic E-state index is -0.179. The van der Waals surface area contributed by atoms with E-state index in [0.29, 0.717) is 46.2 Å². The van der Waals surface area contributed by atoms with E-state index in [0.717, 1.165) is 5.56 Å². The molecule has 3 aromatic rings. The number of halogens is 1. The summed E-state index contributed by atoms with van der Waals surface area (Å²) in [6, 6.07) is 13.0. The molecule has 2 heterocycles. The van der Waals surface area contributed by atoms with Crippen molar-refractivity contribution in [3.05, 3.63) is 75.8 Å². The molecule has 0 radical (unpaired) electrons. The predicted octanol–water partition coefficient (Wildman–Crippen LogP) is 3.95. The van der Waals surface area contributed by atoms with Crippen LogP contribution in [0.5, 0.6) is 11.5 Å². The van der Waals surface area contributed by atoms with Gasteiger partial charge in [-0.3, -0.25) is 9.36 Å². The second-order valence-electron chi connectivity index (χ2n) is 5.62. The maximum atomic E-state index is 12.8. The highest BCUT2D eigenvalue weighted by Crippen LogP contribution is 2.32. The number of rotatable bonds is 4. The molecule has 7 heteroatoms. The van der Waals surface area contributed by atoms with Crippen LogP contribution in [0.2, 0.25) is 5.02 Å². The summed E-state index contributed by atoms with van der Waals surface area (Å²) in [5.74, 6) is 1.91. The van der Waals surface area contributed by atoms with Crippen molar-refractivity contribution in [1.82, 2.24) is 9.55 Å². The molecule has 2 aromatic carbocycles. The fourth-order valence-electron chi connectivity index (χ4n) is 2.64. The first-order valence-corrected chi connectivity index (χ1v) is 9.42. The van der Waals surface area contributed by atoms with Crippen LogP contribution in [-0.2, 0) is 5.75 Å². The molecule has 1 aliphatic rings. The molecule has 26 heavy (non-hydrogen) atoms. The minimum Gasteiger partial charge on any atom is -0.486 e. The lowest BCUT2D eigenvalue weighted by Gasteiger charge is -2.19. The average molecular weight is 387 g/mol. The third-order valence-electron chi connectivity index (χ3n) is 3.94. The molecular formula is C19H15ClN2O3S. The van der Waals surface area contributed by atoms with Crippen LogP contribution in [0.25, 0.3) is 5.69 Å². The van der Waals surface area contributed by atoms with Crippen molar-refractivity contribution in [1.29, 1.82) is 0 Å². The molecule has 0 saturated carbocycles. The fraction of sp³-hybridized carbons (Fsp3) is 0.158. The maximum absolute atomic E-state index is 12.8. The van der Waals surface area contributed by atoms with Crippen LogP contribution in [0, 0.1) is 0 Å². The number of nitrogens with zero attached hydrogens (tertiary/aromatic N) is 2. The fourth-order valence-corrected chi connectivity index (χ4v) is 3.82. The number of hydrogen-bond donors (Lipinski definition) is 0. The van der Waals surface area contributed by atoms with Gasteiger partial charge in [-0.2, -0.15) is 0 Å². The van der Waals surface area contributed by atoms with Gasteiger partial charge in [0.05, 0.1) is 5.69 Å². The second-order valence-corrected chi connectivity index (χ2v) is 6.99. The maximum Gasteiger partial charge on any atom is 0.287 e.